The van der Waals surface area contributed by atoms with E-state index in [0.29, 0.717) is 23.7 Å². The highest BCUT2D eigenvalue weighted by molar-refractivity contribution is 5.60. The number of aryl methyl sites for hydroxylation is 1. The molecule has 0 aliphatic heterocycles. The van der Waals surface area contributed by atoms with Crippen molar-refractivity contribution in [1.82, 2.24) is 15.5 Å². The van der Waals surface area contributed by atoms with Gasteiger partial charge >= 0.3 is 0 Å². The summed E-state index contributed by atoms with van der Waals surface area (Å²) < 4.78 is 5.22. The highest BCUT2D eigenvalue weighted by Crippen LogP contribution is 2.25. The van der Waals surface area contributed by atoms with Crippen LogP contribution >= 0.6 is 0 Å². The number of hydrogen-bond acceptors (Lipinski definition) is 6. The number of nitrogens with zero attached hydrogens (tertiary/aromatic N) is 3. The maximum atomic E-state index is 10.7. The van der Waals surface area contributed by atoms with Crippen molar-refractivity contribution in [2.45, 2.75) is 26.3 Å². The van der Waals surface area contributed by atoms with Crippen LogP contribution in [-0.4, -0.2) is 28.2 Å². The van der Waals surface area contributed by atoms with Gasteiger partial charge in [0.05, 0.1) is 4.92 Å². The molecule has 7 heteroatoms. The van der Waals surface area contributed by atoms with Crippen LogP contribution in [0.1, 0.15) is 18.3 Å². The molecular weight excluding hydrogens is 260 g/mol. The largest absolute Gasteiger partial charge is 0.334 e. The predicted molar refractivity (Wildman–Crippen MR) is 73.4 cm³/mol. The number of nitrogens with one attached hydrogen (secondary N) is 1. The second-order valence-electron chi connectivity index (χ2n) is 4.67. The summed E-state index contributed by atoms with van der Waals surface area (Å²) in [4.78, 5) is 14.6. The van der Waals surface area contributed by atoms with E-state index >= 15 is 0 Å². The Kier molecular flexibility index (Phi) is 4.09. The lowest BCUT2D eigenvalue weighted by Crippen LogP contribution is -2.24. The van der Waals surface area contributed by atoms with Crippen LogP contribution in [-0.2, 0) is 6.42 Å². The fraction of sp³-hybridized carbons (Fsp3) is 0.385. The van der Waals surface area contributed by atoms with E-state index in [9.17, 15) is 10.1 Å². The summed E-state index contributed by atoms with van der Waals surface area (Å²) in [6, 6.07) is 4.81. The Balaban J connectivity index is 2.26. The molecule has 0 aliphatic rings. The Morgan fingerprint density at radius 1 is 1.50 bits per heavy atom. The fourth-order valence-electron chi connectivity index (χ4n) is 1.82. The molecule has 106 valence electrons. The first-order chi connectivity index (χ1) is 9.51. The molecule has 0 bridgehead atoms. The molecule has 1 heterocycles. The maximum Gasteiger partial charge on any atom is 0.269 e. The highest BCUT2D eigenvalue weighted by atomic mass is 16.6. The van der Waals surface area contributed by atoms with Gasteiger partial charge in [-0.3, -0.25) is 10.1 Å². The molecule has 0 spiro atoms. The molecule has 0 aliphatic carbocycles. The number of aromatic nitrogens is 2. The number of benzene rings is 1. The van der Waals surface area contributed by atoms with Crippen LogP contribution in [0.15, 0.2) is 22.7 Å². The van der Waals surface area contributed by atoms with Gasteiger partial charge in [-0.2, -0.15) is 4.98 Å². The Morgan fingerprint density at radius 3 is 2.85 bits per heavy atom. The molecule has 1 N–H and O–H groups in total. The SMILES string of the molecule is CNC(C)Cc1noc(-c2ccc([N+](=O)[O-])cc2C)n1. The Bertz CT molecular complexity index is 624. The summed E-state index contributed by atoms with van der Waals surface area (Å²) in [5.74, 6) is 0.996. The molecular formula is C13H16N4O3. The normalized spacial score (nSPS) is 12.3. The molecule has 0 saturated carbocycles. The van der Waals surface area contributed by atoms with Gasteiger partial charge in [0.15, 0.2) is 5.82 Å². The Morgan fingerprint density at radius 2 is 2.25 bits per heavy atom. The monoisotopic (exact) mass is 276 g/mol. The van der Waals surface area contributed by atoms with Crippen LogP contribution in [0, 0.1) is 17.0 Å². The summed E-state index contributed by atoms with van der Waals surface area (Å²) in [5.41, 5.74) is 1.50. The van der Waals surface area contributed by atoms with Gasteiger partial charge in [-0.1, -0.05) is 5.16 Å². The molecule has 1 unspecified atom stereocenters. The minimum absolute atomic E-state index is 0.0507. The summed E-state index contributed by atoms with van der Waals surface area (Å²) in [5, 5.41) is 17.7. The van der Waals surface area contributed by atoms with Crippen molar-refractivity contribution in [2.75, 3.05) is 7.05 Å². The molecule has 7 nitrogen and oxygen atoms in total. The number of nitro benzene ring substituents is 1. The molecule has 20 heavy (non-hydrogen) atoms. The zero-order valence-corrected chi connectivity index (χ0v) is 11.6. The van der Waals surface area contributed by atoms with Gasteiger partial charge in [0.1, 0.15) is 0 Å². The molecule has 1 atom stereocenters. The van der Waals surface area contributed by atoms with E-state index in [1.165, 1.54) is 12.1 Å². The van der Waals surface area contributed by atoms with Gasteiger partial charge < -0.3 is 9.84 Å². The third kappa shape index (κ3) is 3.00. The van der Waals surface area contributed by atoms with E-state index in [1.54, 1.807) is 13.0 Å². The predicted octanol–water partition coefficient (Wildman–Crippen LogP) is 2.10. The molecule has 2 aromatic rings. The van der Waals surface area contributed by atoms with E-state index in [1.807, 2.05) is 14.0 Å². The van der Waals surface area contributed by atoms with Gasteiger partial charge in [-0.05, 0) is 32.5 Å². The van der Waals surface area contributed by atoms with Crippen LogP contribution in [0.4, 0.5) is 5.69 Å². The van der Waals surface area contributed by atoms with Crippen molar-refractivity contribution >= 4 is 5.69 Å². The molecule has 0 radical (unpaired) electrons. The minimum Gasteiger partial charge on any atom is -0.334 e. The van der Waals surface area contributed by atoms with Crippen LogP contribution in [0.3, 0.4) is 0 Å². The average molecular weight is 276 g/mol. The van der Waals surface area contributed by atoms with Crippen molar-refractivity contribution in [2.24, 2.45) is 0 Å². The fourth-order valence-corrected chi connectivity index (χ4v) is 1.82. The molecule has 1 aromatic heterocycles. The number of rotatable bonds is 5. The number of likely N-dealkylation sites (N-methyl/N-ethyl adjacent to an activating group) is 1. The van der Waals surface area contributed by atoms with E-state index in [4.69, 9.17) is 4.52 Å². The zero-order valence-electron chi connectivity index (χ0n) is 11.6. The minimum atomic E-state index is -0.426. The van der Waals surface area contributed by atoms with Crippen LogP contribution in [0.25, 0.3) is 11.5 Å². The average Bonchev–Trinajstić information content (AvgIpc) is 2.86. The summed E-state index contributed by atoms with van der Waals surface area (Å²) >= 11 is 0. The second-order valence-corrected chi connectivity index (χ2v) is 4.67. The third-order valence-electron chi connectivity index (χ3n) is 3.10. The van der Waals surface area contributed by atoms with Crippen LogP contribution in [0.5, 0.6) is 0 Å². The second kappa shape index (κ2) is 5.79. The van der Waals surface area contributed by atoms with Gasteiger partial charge in [-0.15, -0.1) is 0 Å². The van der Waals surface area contributed by atoms with Gasteiger partial charge in [-0.25, -0.2) is 0 Å². The number of non-ortho nitro benzene ring substituents is 1. The number of nitro groups is 1. The van der Waals surface area contributed by atoms with Crippen molar-refractivity contribution in [3.05, 3.63) is 39.7 Å². The standard InChI is InChI=1S/C13H16N4O3/c1-8-6-10(17(18)19)4-5-11(8)13-15-12(16-20-13)7-9(2)14-3/h4-6,9,14H,7H2,1-3H3. The first-order valence-electron chi connectivity index (χ1n) is 6.26. The molecule has 0 saturated heterocycles. The molecule has 2 rings (SSSR count). The lowest BCUT2D eigenvalue weighted by atomic mass is 10.1. The molecule has 0 fully saturated rings. The van der Waals surface area contributed by atoms with Crippen molar-refractivity contribution in [3.8, 4) is 11.5 Å². The Hall–Kier alpha value is -2.28. The smallest absolute Gasteiger partial charge is 0.269 e. The summed E-state index contributed by atoms with van der Waals surface area (Å²) in [6.45, 7) is 3.80. The molecule has 0 amide bonds. The maximum absolute atomic E-state index is 10.7. The van der Waals surface area contributed by atoms with Crippen molar-refractivity contribution in [3.63, 3.8) is 0 Å². The zero-order chi connectivity index (χ0) is 14.7. The van der Waals surface area contributed by atoms with Crippen LogP contribution < -0.4 is 5.32 Å². The van der Waals surface area contributed by atoms with Crippen molar-refractivity contribution in [1.29, 1.82) is 0 Å². The first kappa shape index (κ1) is 14.1. The van der Waals surface area contributed by atoms with Gasteiger partial charge in [0.25, 0.3) is 11.6 Å². The number of hydrogen-bond donors (Lipinski definition) is 1. The molecule has 1 aromatic carbocycles. The van der Waals surface area contributed by atoms with E-state index in [-0.39, 0.29) is 11.7 Å². The van der Waals surface area contributed by atoms with Gasteiger partial charge in [0.2, 0.25) is 0 Å². The Labute approximate surface area is 116 Å². The van der Waals surface area contributed by atoms with E-state index < -0.39 is 4.92 Å². The first-order valence-corrected chi connectivity index (χ1v) is 6.26. The lowest BCUT2D eigenvalue weighted by molar-refractivity contribution is -0.384. The lowest BCUT2D eigenvalue weighted by Gasteiger charge is -2.04. The third-order valence-corrected chi connectivity index (χ3v) is 3.10. The summed E-state index contributed by atoms with van der Waals surface area (Å²) in [7, 11) is 1.87. The van der Waals surface area contributed by atoms with E-state index in [2.05, 4.69) is 15.5 Å². The summed E-state index contributed by atoms with van der Waals surface area (Å²) in [6.07, 6.45) is 0.659. The topological polar surface area (TPSA) is 94.1 Å². The highest BCUT2D eigenvalue weighted by Gasteiger charge is 2.15. The quantitative estimate of drug-likeness (QED) is 0.664. The van der Waals surface area contributed by atoms with E-state index in [0.717, 1.165) is 5.56 Å². The van der Waals surface area contributed by atoms with Crippen molar-refractivity contribution < 1.29 is 9.45 Å². The van der Waals surface area contributed by atoms with Crippen LogP contribution in [0.2, 0.25) is 0 Å². The van der Waals surface area contributed by atoms with Gasteiger partial charge in [0, 0.05) is 30.2 Å².